The summed E-state index contributed by atoms with van der Waals surface area (Å²) in [6.07, 6.45) is 2.06. The van der Waals surface area contributed by atoms with E-state index in [1.54, 1.807) is 6.92 Å². The molecule has 0 aromatic heterocycles. The second-order valence-electron chi connectivity index (χ2n) is 3.71. The van der Waals surface area contributed by atoms with Crippen molar-refractivity contribution in [3.05, 3.63) is 0 Å². The Bertz CT molecular complexity index is 299. The van der Waals surface area contributed by atoms with Gasteiger partial charge in [0.05, 0.1) is 12.7 Å². The number of hydrogen-bond acceptors (Lipinski definition) is 5. The SMILES string of the molecule is CCOC(=O)C(C#N)CCCCC(=O)NCOC. The smallest absolute Gasteiger partial charge is 0.323 e. The minimum absolute atomic E-state index is 0.0958. The Labute approximate surface area is 107 Å². The maximum absolute atomic E-state index is 11.3. The molecule has 0 radical (unpaired) electrons. The van der Waals surface area contributed by atoms with Gasteiger partial charge in [-0.3, -0.25) is 9.59 Å². The van der Waals surface area contributed by atoms with E-state index in [0.29, 0.717) is 25.7 Å². The van der Waals surface area contributed by atoms with Crippen molar-refractivity contribution in [1.29, 1.82) is 5.26 Å². The molecule has 0 aliphatic carbocycles. The largest absolute Gasteiger partial charge is 0.465 e. The number of amides is 1. The number of esters is 1. The Morgan fingerprint density at radius 1 is 1.39 bits per heavy atom. The molecule has 0 aliphatic heterocycles. The summed E-state index contributed by atoms with van der Waals surface area (Å²) < 4.78 is 9.47. The van der Waals surface area contributed by atoms with Crippen molar-refractivity contribution >= 4 is 11.9 Å². The summed E-state index contributed by atoms with van der Waals surface area (Å²) >= 11 is 0. The first-order valence-electron chi connectivity index (χ1n) is 5.97. The topological polar surface area (TPSA) is 88.4 Å². The predicted molar refractivity (Wildman–Crippen MR) is 64.2 cm³/mol. The molecule has 0 spiro atoms. The van der Waals surface area contributed by atoms with Crippen molar-refractivity contribution < 1.29 is 19.1 Å². The maximum atomic E-state index is 11.3. The standard InChI is InChI=1S/C12H20N2O4/c1-3-18-12(16)10(8-13)6-4-5-7-11(15)14-9-17-2/h10H,3-7,9H2,1-2H3,(H,14,15). The van der Waals surface area contributed by atoms with Gasteiger partial charge in [0, 0.05) is 13.5 Å². The summed E-state index contributed by atoms with van der Waals surface area (Å²) in [5, 5.41) is 11.4. The molecule has 6 nitrogen and oxygen atoms in total. The number of nitrogens with one attached hydrogen (secondary N) is 1. The zero-order valence-corrected chi connectivity index (χ0v) is 10.9. The van der Waals surface area contributed by atoms with Crippen molar-refractivity contribution in [3.63, 3.8) is 0 Å². The van der Waals surface area contributed by atoms with E-state index in [2.05, 4.69) is 5.32 Å². The van der Waals surface area contributed by atoms with E-state index in [4.69, 9.17) is 14.7 Å². The second-order valence-corrected chi connectivity index (χ2v) is 3.71. The summed E-state index contributed by atoms with van der Waals surface area (Å²) in [6, 6.07) is 1.91. The van der Waals surface area contributed by atoms with Gasteiger partial charge in [-0.2, -0.15) is 5.26 Å². The van der Waals surface area contributed by atoms with Gasteiger partial charge in [-0.05, 0) is 19.8 Å². The van der Waals surface area contributed by atoms with Crippen LogP contribution in [0.5, 0.6) is 0 Å². The highest BCUT2D eigenvalue weighted by atomic mass is 16.5. The molecule has 0 heterocycles. The highest BCUT2D eigenvalue weighted by Crippen LogP contribution is 2.11. The Kier molecular flexibility index (Phi) is 9.60. The molecule has 1 unspecified atom stereocenters. The van der Waals surface area contributed by atoms with Crippen LogP contribution in [-0.4, -0.2) is 32.3 Å². The first kappa shape index (κ1) is 16.4. The van der Waals surface area contributed by atoms with Gasteiger partial charge in [0.1, 0.15) is 12.6 Å². The van der Waals surface area contributed by atoms with Crippen LogP contribution >= 0.6 is 0 Å². The lowest BCUT2D eigenvalue weighted by molar-refractivity contribution is -0.146. The Morgan fingerprint density at radius 2 is 2.11 bits per heavy atom. The van der Waals surface area contributed by atoms with Crippen molar-refractivity contribution in [2.24, 2.45) is 5.92 Å². The normalized spacial score (nSPS) is 11.4. The molecule has 0 rings (SSSR count). The molecule has 0 fully saturated rings. The molecule has 6 heteroatoms. The van der Waals surface area contributed by atoms with Crippen molar-refractivity contribution in [3.8, 4) is 6.07 Å². The van der Waals surface area contributed by atoms with Gasteiger partial charge >= 0.3 is 5.97 Å². The molecule has 0 aromatic carbocycles. The number of unbranched alkanes of at least 4 members (excludes halogenated alkanes) is 1. The van der Waals surface area contributed by atoms with Crippen LogP contribution in [0.25, 0.3) is 0 Å². The van der Waals surface area contributed by atoms with Gasteiger partial charge in [0.25, 0.3) is 0 Å². The number of carbonyl (C=O) groups excluding carboxylic acids is 2. The molecule has 1 atom stereocenters. The van der Waals surface area contributed by atoms with Crippen LogP contribution in [0, 0.1) is 17.2 Å². The molecule has 0 aromatic rings. The van der Waals surface area contributed by atoms with Crippen LogP contribution in [0.15, 0.2) is 0 Å². The summed E-state index contributed by atoms with van der Waals surface area (Å²) in [7, 11) is 1.50. The van der Waals surface area contributed by atoms with Gasteiger partial charge < -0.3 is 14.8 Å². The number of hydrogen-bond donors (Lipinski definition) is 1. The van der Waals surface area contributed by atoms with Crippen LogP contribution in [0.4, 0.5) is 0 Å². The van der Waals surface area contributed by atoms with Gasteiger partial charge in [-0.15, -0.1) is 0 Å². The molecule has 0 saturated carbocycles. The molecule has 0 aliphatic rings. The van der Waals surface area contributed by atoms with E-state index in [0.717, 1.165) is 0 Å². The third-order valence-electron chi connectivity index (χ3n) is 2.29. The third-order valence-corrected chi connectivity index (χ3v) is 2.29. The molecular formula is C12H20N2O4. The fraction of sp³-hybridized carbons (Fsp3) is 0.750. The molecule has 102 valence electrons. The molecule has 18 heavy (non-hydrogen) atoms. The van der Waals surface area contributed by atoms with E-state index < -0.39 is 11.9 Å². The van der Waals surface area contributed by atoms with E-state index >= 15 is 0 Å². The highest BCUT2D eigenvalue weighted by molar-refractivity contribution is 5.76. The molecule has 1 N–H and O–H groups in total. The quantitative estimate of drug-likeness (QED) is 0.377. The zero-order chi connectivity index (χ0) is 13.8. The Balaban J connectivity index is 3.72. The minimum atomic E-state index is -0.730. The summed E-state index contributed by atoms with van der Waals surface area (Å²) in [6.45, 7) is 2.17. The fourth-order valence-electron chi connectivity index (χ4n) is 1.35. The van der Waals surface area contributed by atoms with Gasteiger partial charge in [-0.25, -0.2) is 0 Å². The van der Waals surface area contributed by atoms with E-state index in [1.165, 1.54) is 7.11 Å². The summed E-state index contributed by atoms with van der Waals surface area (Å²) in [4.78, 5) is 22.5. The van der Waals surface area contributed by atoms with E-state index in [9.17, 15) is 9.59 Å². The van der Waals surface area contributed by atoms with Gasteiger partial charge in [0.15, 0.2) is 0 Å². The van der Waals surface area contributed by atoms with Crippen molar-refractivity contribution in [2.75, 3.05) is 20.4 Å². The van der Waals surface area contributed by atoms with Crippen molar-refractivity contribution in [1.82, 2.24) is 5.32 Å². The lowest BCUT2D eigenvalue weighted by Gasteiger charge is -2.08. The van der Waals surface area contributed by atoms with Crippen LogP contribution in [-0.2, 0) is 19.1 Å². The van der Waals surface area contributed by atoms with Crippen LogP contribution < -0.4 is 5.32 Å². The minimum Gasteiger partial charge on any atom is -0.465 e. The second kappa shape index (κ2) is 10.5. The van der Waals surface area contributed by atoms with Crippen LogP contribution in [0.3, 0.4) is 0 Å². The molecular weight excluding hydrogens is 236 g/mol. The number of carbonyl (C=O) groups is 2. The molecule has 0 bridgehead atoms. The average Bonchev–Trinajstić information content (AvgIpc) is 2.36. The highest BCUT2D eigenvalue weighted by Gasteiger charge is 2.18. The third kappa shape index (κ3) is 7.63. The summed E-state index contributed by atoms with van der Waals surface area (Å²) in [5.74, 6) is -1.31. The van der Waals surface area contributed by atoms with Gasteiger partial charge in [-0.1, -0.05) is 6.42 Å². The van der Waals surface area contributed by atoms with Crippen LogP contribution in [0.2, 0.25) is 0 Å². The molecule has 0 saturated heterocycles. The number of nitriles is 1. The summed E-state index contributed by atoms with van der Waals surface area (Å²) in [5.41, 5.74) is 0. The monoisotopic (exact) mass is 256 g/mol. The Hall–Kier alpha value is -1.61. The van der Waals surface area contributed by atoms with Crippen molar-refractivity contribution in [2.45, 2.75) is 32.6 Å². The number of rotatable bonds is 9. The Morgan fingerprint density at radius 3 is 2.67 bits per heavy atom. The number of nitrogens with zero attached hydrogens (tertiary/aromatic N) is 1. The fourth-order valence-corrected chi connectivity index (χ4v) is 1.35. The molecule has 1 amide bonds. The number of methoxy groups -OCH3 is 1. The van der Waals surface area contributed by atoms with E-state index in [1.807, 2.05) is 6.07 Å². The first-order valence-corrected chi connectivity index (χ1v) is 5.97. The lowest BCUT2D eigenvalue weighted by atomic mass is 10.0. The van der Waals surface area contributed by atoms with Gasteiger partial charge in [0.2, 0.25) is 5.91 Å². The zero-order valence-electron chi connectivity index (χ0n) is 10.9. The average molecular weight is 256 g/mol. The number of ether oxygens (including phenoxy) is 2. The predicted octanol–water partition coefficient (Wildman–Crippen LogP) is 0.970. The first-order chi connectivity index (χ1) is 8.65. The maximum Gasteiger partial charge on any atom is 0.323 e. The van der Waals surface area contributed by atoms with E-state index in [-0.39, 0.29) is 19.2 Å². The van der Waals surface area contributed by atoms with Crippen LogP contribution in [0.1, 0.15) is 32.6 Å². The lowest BCUT2D eigenvalue weighted by Crippen LogP contribution is -2.25.